The smallest absolute Gasteiger partial charge is 0.416 e. The molecule has 4 atom stereocenters. The van der Waals surface area contributed by atoms with Gasteiger partial charge in [0.1, 0.15) is 11.7 Å². The SMILES string of the molecule is CN(C1OC1OC(C)(C)C)[C@@H](CC(C)(C)F)C(=O)O[C@H](Cc1ccc(C(F)(F)F)cc1)C(=O)O. The molecule has 34 heavy (non-hydrogen) atoms. The minimum absolute atomic E-state index is 0.230. The molecule has 0 spiro atoms. The van der Waals surface area contributed by atoms with E-state index in [0.29, 0.717) is 0 Å². The Labute approximate surface area is 196 Å². The monoisotopic (exact) mass is 493 g/mol. The molecule has 0 aromatic heterocycles. The van der Waals surface area contributed by atoms with E-state index in [9.17, 15) is 32.3 Å². The van der Waals surface area contributed by atoms with E-state index in [1.54, 1.807) is 0 Å². The van der Waals surface area contributed by atoms with Gasteiger partial charge in [-0.15, -0.1) is 0 Å². The maximum Gasteiger partial charge on any atom is 0.416 e. The number of rotatable bonds is 10. The fourth-order valence-corrected chi connectivity index (χ4v) is 3.29. The van der Waals surface area contributed by atoms with Gasteiger partial charge in [-0.3, -0.25) is 9.69 Å². The Hall–Kier alpha value is -2.24. The number of epoxide rings is 1. The van der Waals surface area contributed by atoms with Crippen molar-refractivity contribution in [3.05, 3.63) is 35.4 Å². The summed E-state index contributed by atoms with van der Waals surface area (Å²) in [4.78, 5) is 26.1. The van der Waals surface area contributed by atoms with Crippen molar-refractivity contribution < 1.29 is 46.5 Å². The number of ether oxygens (including phenoxy) is 3. The summed E-state index contributed by atoms with van der Waals surface area (Å²) < 4.78 is 69.1. The summed E-state index contributed by atoms with van der Waals surface area (Å²) >= 11 is 0. The number of aliphatic carboxylic acids is 1. The number of carbonyl (C=O) groups excluding carboxylic acids is 1. The number of halogens is 4. The average molecular weight is 493 g/mol. The van der Waals surface area contributed by atoms with Crippen LogP contribution in [0.1, 0.15) is 52.2 Å². The minimum atomic E-state index is -4.53. The van der Waals surface area contributed by atoms with Gasteiger partial charge in [0.15, 0.2) is 12.5 Å². The second-order valence-corrected chi connectivity index (χ2v) is 9.89. The first-order valence-corrected chi connectivity index (χ1v) is 10.7. The molecule has 0 amide bonds. The van der Waals surface area contributed by atoms with E-state index in [1.807, 2.05) is 20.8 Å². The molecule has 1 aliphatic rings. The van der Waals surface area contributed by atoms with Gasteiger partial charge in [-0.25, -0.2) is 9.18 Å². The lowest BCUT2D eigenvalue weighted by atomic mass is 9.99. The van der Waals surface area contributed by atoms with Crippen molar-refractivity contribution in [1.82, 2.24) is 4.90 Å². The molecule has 1 aromatic carbocycles. The van der Waals surface area contributed by atoms with Gasteiger partial charge in [0, 0.05) is 12.8 Å². The lowest BCUT2D eigenvalue weighted by Gasteiger charge is -2.30. The molecule has 2 rings (SSSR count). The first-order chi connectivity index (χ1) is 15.4. The van der Waals surface area contributed by atoms with Gasteiger partial charge in [0.25, 0.3) is 0 Å². The van der Waals surface area contributed by atoms with Crippen LogP contribution in [-0.4, -0.2) is 64.9 Å². The maximum absolute atomic E-state index is 14.5. The number of alkyl halides is 4. The second kappa shape index (κ2) is 10.2. The average Bonchev–Trinajstić information content (AvgIpc) is 3.41. The van der Waals surface area contributed by atoms with Crippen molar-refractivity contribution in [3.8, 4) is 0 Å². The topological polar surface area (TPSA) is 88.6 Å². The van der Waals surface area contributed by atoms with Crippen LogP contribution in [0, 0.1) is 0 Å². The van der Waals surface area contributed by atoms with E-state index in [1.165, 1.54) is 25.8 Å². The summed E-state index contributed by atoms with van der Waals surface area (Å²) in [6, 6.07) is 2.68. The third kappa shape index (κ3) is 8.52. The molecule has 1 N–H and O–H groups in total. The number of carboxylic acid groups (broad SMARTS) is 1. The van der Waals surface area contributed by atoms with Crippen molar-refractivity contribution in [2.45, 2.75) is 89.6 Å². The number of hydrogen-bond donors (Lipinski definition) is 1. The molecule has 1 aromatic rings. The summed E-state index contributed by atoms with van der Waals surface area (Å²) in [5.41, 5.74) is -2.97. The Balaban J connectivity index is 2.13. The van der Waals surface area contributed by atoms with Crippen LogP contribution in [0.15, 0.2) is 24.3 Å². The summed E-state index contributed by atoms with van der Waals surface area (Å²) in [6.45, 7) is 8.01. The third-order valence-electron chi connectivity index (χ3n) is 4.98. The molecule has 0 saturated carbocycles. The van der Waals surface area contributed by atoms with Gasteiger partial charge in [-0.05, 0) is 59.4 Å². The lowest BCUT2D eigenvalue weighted by molar-refractivity contribution is -0.169. The van der Waals surface area contributed by atoms with Crippen molar-refractivity contribution in [3.63, 3.8) is 0 Å². The molecule has 0 aliphatic carbocycles. The van der Waals surface area contributed by atoms with Crippen LogP contribution < -0.4 is 0 Å². The highest BCUT2D eigenvalue weighted by Gasteiger charge is 2.50. The Kier molecular flexibility index (Phi) is 8.37. The van der Waals surface area contributed by atoms with Gasteiger partial charge < -0.3 is 19.3 Å². The molecule has 1 heterocycles. The Morgan fingerprint density at radius 1 is 1.09 bits per heavy atom. The van der Waals surface area contributed by atoms with Crippen molar-refractivity contribution in [1.29, 1.82) is 0 Å². The summed E-state index contributed by atoms with van der Waals surface area (Å²) in [5, 5.41) is 9.52. The molecule has 0 radical (unpaired) electrons. The predicted molar refractivity (Wildman–Crippen MR) is 114 cm³/mol. The highest BCUT2D eigenvalue weighted by Crippen LogP contribution is 2.34. The summed E-state index contributed by atoms with van der Waals surface area (Å²) in [7, 11) is 1.51. The van der Waals surface area contributed by atoms with E-state index in [-0.39, 0.29) is 18.4 Å². The van der Waals surface area contributed by atoms with E-state index in [4.69, 9.17) is 14.2 Å². The van der Waals surface area contributed by atoms with Crippen molar-refractivity contribution in [2.75, 3.05) is 7.05 Å². The zero-order valence-corrected chi connectivity index (χ0v) is 20.0. The molecular formula is C23H31F4NO6. The van der Waals surface area contributed by atoms with Crippen LogP contribution in [0.4, 0.5) is 17.6 Å². The molecule has 1 saturated heterocycles. The quantitative estimate of drug-likeness (QED) is 0.297. The zero-order chi connectivity index (χ0) is 26.1. The van der Waals surface area contributed by atoms with Gasteiger partial charge in [-0.1, -0.05) is 12.1 Å². The molecule has 1 fully saturated rings. The van der Waals surface area contributed by atoms with Crippen LogP contribution in [0.2, 0.25) is 0 Å². The van der Waals surface area contributed by atoms with Crippen molar-refractivity contribution in [2.24, 2.45) is 0 Å². The molecule has 2 unspecified atom stereocenters. The molecule has 1 aliphatic heterocycles. The number of carboxylic acids is 1. The number of nitrogens with zero attached hydrogens (tertiary/aromatic N) is 1. The van der Waals surface area contributed by atoms with Gasteiger partial charge in [0.05, 0.1) is 11.2 Å². The van der Waals surface area contributed by atoms with Crippen molar-refractivity contribution >= 4 is 11.9 Å². The molecule has 11 heteroatoms. The van der Waals surface area contributed by atoms with E-state index >= 15 is 0 Å². The van der Waals surface area contributed by atoms with Gasteiger partial charge in [-0.2, -0.15) is 13.2 Å². The second-order valence-electron chi connectivity index (χ2n) is 9.89. The van der Waals surface area contributed by atoms with Gasteiger partial charge >= 0.3 is 18.1 Å². The van der Waals surface area contributed by atoms with Crippen LogP contribution in [-0.2, 0) is 36.4 Å². The number of hydrogen-bond acceptors (Lipinski definition) is 6. The summed E-state index contributed by atoms with van der Waals surface area (Å²) in [6.07, 6.45) is -8.18. The zero-order valence-electron chi connectivity index (χ0n) is 20.0. The van der Waals surface area contributed by atoms with E-state index in [0.717, 1.165) is 24.3 Å². The lowest BCUT2D eigenvalue weighted by Crippen LogP contribution is -2.47. The first-order valence-electron chi connectivity index (χ1n) is 10.7. The first kappa shape index (κ1) is 28.0. The van der Waals surface area contributed by atoms with E-state index in [2.05, 4.69) is 0 Å². The largest absolute Gasteiger partial charge is 0.478 e. The number of likely N-dealkylation sites (N-methyl/N-ethyl adjacent to an activating group) is 1. The Morgan fingerprint density at radius 2 is 1.65 bits per heavy atom. The standard InChI is InChI=1S/C23H31F4NO6/c1-21(2,3)34-20-17(33-20)28(6)15(12-22(4,5)24)19(31)32-16(18(29)30)11-13-7-9-14(10-8-13)23(25,26)27/h7-10,15-17,20H,11-12H2,1-6H3,(H,29,30)/t15-,16+,17?,20?/m0/s1. The molecule has 7 nitrogen and oxygen atoms in total. The van der Waals surface area contributed by atoms with Crippen LogP contribution in [0.5, 0.6) is 0 Å². The normalized spacial score (nSPS) is 20.7. The number of carbonyl (C=O) groups is 2. The minimum Gasteiger partial charge on any atom is -0.478 e. The molecule has 192 valence electrons. The third-order valence-corrected chi connectivity index (χ3v) is 4.98. The number of benzene rings is 1. The predicted octanol–water partition coefficient (Wildman–Crippen LogP) is 4.18. The van der Waals surface area contributed by atoms with E-state index < -0.39 is 59.6 Å². The maximum atomic E-state index is 14.5. The van der Waals surface area contributed by atoms with Gasteiger partial charge in [0.2, 0.25) is 6.10 Å². The number of esters is 1. The van der Waals surface area contributed by atoms with Crippen LogP contribution in [0.25, 0.3) is 0 Å². The highest BCUT2D eigenvalue weighted by atomic mass is 19.4. The highest BCUT2D eigenvalue weighted by molar-refractivity contribution is 5.81. The van der Waals surface area contributed by atoms with Crippen LogP contribution >= 0.6 is 0 Å². The van der Waals surface area contributed by atoms with Crippen LogP contribution in [0.3, 0.4) is 0 Å². The molecule has 0 bridgehead atoms. The Morgan fingerprint density at radius 3 is 2.09 bits per heavy atom. The Bertz CT molecular complexity index is 860. The molecular weight excluding hydrogens is 462 g/mol. The fourth-order valence-electron chi connectivity index (χ4n) is 3.29. The summed E-state index contributed by atoms with van der Waals surface area (Å²) in [5.74, 6) is -2.47. The fraction of sp³-hybridized carbons (Fsp3) is 0.652.